The van der Waals surface area contributed by atoms with E-state index in [1.807, 2.05) is 54.6 Å². The number of aromatic amines is 1. The molecule has 0 spiro atoms. The molecule has 4 rings (SSSR count). The summed E-state index contributed by atoms with van der Waals surface area (Å²) in [6.07, 6.45) is 1.49. The monoisotopic (exact) mass is 302 g/mol. The van der Waals surface area contributed by atoms with E-state index < -0.39 is 0 Å². The maximum atomic E-state index is 5.86. The third-order valence-electron chi connectivity index (χ3n) is 3.57. The molecule has 0 unspecified atom stereocenters. The summed E-state index contributed by atoms with van der Waals surface area (Å²) in [5.41, 5.74) is 2.81. The Morgan fingerprint density at radius 2 is 1.91 bits per heavy atom. The maximum Gasteiger partial charge on any atom is 0.155 e. The molecule has 0 saturated heterocycles. The molecule has 2 heterocycles. The predicted molar refractivity (Wildman–Crippen MR) is 87.9 cm³/mol. The molecule has 0 radical (unpaired) electrons. The number of H-pyrrole nitrogens is 1. The second-order valence-corrected chi connectivity index (χ2v) is 5.15. The summed E-state index contributed by atoms with van der Waals surface area (Å²) >= 11 is 0. The molecule has 0 amide bonds. The lowest BCUT2D eigenvalue weighted by atomic mass is 10.2. The molecule has 0 saturated carbocycles. The van der Waals surface area contributed by atoms with Gasteiger partial charge in [0.05, 0.1) is 11.2 Å². The highest BCUT2D eigenvalue weighted by Crippen LogP contribution is 2.21. The van der Waals surface area contributed by atoms with Crippen LogP contribution in [0.5, 0.6) is 5.75 Å². The molecule has 1 N–H and O–H groups in total. The highest BCUT2D eigenvalue weighted by atomic mass is 16.5. The van der Waals surface area contributed by atoms with Crippen LogP contribution in [0.3, 0.4) is 0 Å². The fourth-order valence-corrected chi connectivity index (χ4v) is 2.42. The van der Waals surface area contributed by atoms with E-state index in [1.54, 1.807) is 0 Å². The van der Waals surface area contributed by atoms with E-state index in [1.165, 1.54) is 6.33 Å². The molecule has 0 atom stereocenters. The summed E-state index contributed by atoms with van der Waals surface area (Å²) in [6.45, 7) is 0.421. The zero-order chi connectivity index (χ0) is 15.5. The van der Waals surface area contributed by atoms with Crippen LogP contribution in [-0.4, -0.2) is 20.2 Å². The van der Waals surface area contributed by atoms with Crippen molar-refractivity contribution in [3.05, 3.63) is 72.7 Å². The Kier molecular flexibility index (Phi) is 3.44. The summed E-state index contributed by atoms with van der Waals surface area (Å²) in [5, 5.41) is 7.84. The molecule has 112 valence electrons. The fraction of sp³-hybridized carbons (Fsp3) is 0.0556. The van der Waals surface area contributed by atoms with E-state index in [9.17, 15) is 0 Å². The number of nitrogens with one attached hydrogen (secondary N) is 1. The Morgan fingerprint density at radius 3 is 2.83 bits per heavy atom. The summed E-state index contributed by atoms with van der Waals surface area (Å²) in [7, 11) is 0. The van der Waals surface area contributed by atoms with E-state index >= 15 is 0 Å². The molecule has 0 aliphatic rings. The van der Waals surface area contributed by atoms with Gasteiger partial charge in [-0.05, 0) is 24.3 Å². The zero-order valence-corrected chi connectivity index (χ0v) is 12.3. The summed E-state index contributed by atoms with van der Waals surface area (Å²) < 4.78 is 5.86. The molecular weight excluding hydrogens is 288 g/mol. The second kappa shape index (κ2) is 5.88. The van der Waals surface area contributed by atoms with Crippen LogP contribution in [0.15, 0.2) is 67.0 Å². The quantitative estimate of drug-likeness (QED) is 0.625. The van der Waals surface area contributed by atoms with Gasteiger partial charge >= 0.3 is 0 Å². The van der Waals surface area contributed by atoms with E-state index in [4.69, 9.17) is 4.74 Å². The number of para-hydroxylation sites is 1. The van der Waals surface area contributed by atoms with E-state index in [-0.39, 0.29) is 0 Å². The number of benzene rings is 2. The fourth-order valence-electron chi connectivity index (χ4n) is 2.42. The number of nitrogens with zero attached hydrogens (tertiary/aromatic N) is 3. The van der Waals surface area contributed by atoms with Gasteiger partial charge in [-0.2, -0.15) is 5.10 Å². The van der Waals surface area contributed by atoms with Crippen molar-refractivity contribution in [2.75, 3.05) is 0 Å². The molecule has 2 aromatic heterocycles. The molecule has 23 heavy (non-hydrogen) atoms. The molecule has 4 aromatic rings. The molecule has 2 aromatic carbocycles. The van der Waals surface area contributed by atoms with Gasteiger partial charge in [0.25, 0.3) is 0 Å². The van der Waals surface area contributed by atoms with Crippen LogP contribution in [0.25, 0.3) is 22.3 Å². The minimum Gasteiger partial charge on any atom is -0.487 e. The lowest BCUT2D eigenvalue weighted by Gasteiger charge is -2.07. The van der Waals surface area contributed by atoms with E-state index in [0.29, 0.717) is 6.61 Å². The van der Waals surface area contributed by atoms with Gasteiger partial charge < -0.3 is 4.74 Å². The maximum absolute atomic E-state index is 5.86. The van der Waals surface area contributed by atoms with Crippen molar-refractivity contribution in [3.63, 3.8) is 0 Å². The van der Waals surface area contributed by atoms with Crippen molar-refractivity contribution in [1.29, 1.82) is 0 Å². The van der Waals surface area contributed by atoms with Crippen molar-refractivity contribution in [2.45, 2.75) is 6.61 Å². The standard InChI is InChI=1S/C18H14N4O/c1-2-7-17-13(4-1)8-9-15(21-17)11-23-16-6-3-5-14(10-16)18-19-12-20-22-18/h1-10,12H,11H2,(H,19,20,22). The van der Waals surface area contributed by atoms with Crippen molar-refractivity contribution >= 4 is 10.9 Å². The number of ether oxygens (including phenoxy) is 1. The van der Waals surface area contributed by atoms with E-state index in [0.717, 1.165) is 33.7 Å². The van der Waals surface area contributed by atoms with Gasteiger partial charge in [-0.15, -0.1) is 0 Å². The van der Waals surface area contributed by atoms with Crippen LogP contribution in [-0.2, 0) is 6.61 Å². The Bertz CT molecular complexity index is 935. The molecule has 5 nitrogen and oxygen atoms in total. The van der Waals surface area contributed by atoms with Gasteiger partial charge in [0, 0.05) is 10.9 Å². The number of pyridine rings is 1. The van der Waals surface area contributed by atoms with E-state index in [2.05, 4.69) is 26.2 Å². The molecule has 0 aliphatic carbocycles. The smallest absolute Gasteiger partial charge is 0.155 e. The number of hydrogen-bond acceptors (Lipinski definition) is 4. The Morgan fingerprint density at radius 1 is 0.957 bits per heavy atom. The van der Waals surface area contributed by atoms with Gasteiger partial charge in [-0.3, -0.25) is 5.10 Å². The average molecular weight is 302 g/mol. The molecule has 0 fully saturated rings. The van der Waals surface area contributed by atoms with Crippen LogP contribution in [0.2, 0.25) is 0 Å². The van der Waals surface area contributed by atoms with Crippen LogP contribution in [0, 0.1) is 0 Å². The largest absolute Gasteiger partial charge is 0.487 e. The molecular formula is C18H14N4O. The Hall–Kier alpha value is -3.21. The van der Waals surface area contributed by atoms with Gasteiger partial charge in [0.15, 0.2) is 5.82 Å². The molecule has 5 heteroatoms. The van der Waals surface area contributed by atoms with Gasteiger partial charge in [-0.25, -0.2) is 9.97 Å². The highest BCUT2D eigenvalue weighted by Gasteiger charge is 2.04. The molecule has 0 aliphatic heterocycles. The first kappa shape index (κ1) is 13.5. The number of rotatable bonds is 4. The Balaban J connectivity index is 1.53. The number of hydrogen-bond donors (Lipinski definition) is 1. The topological polar surface area (TPSA) is 63.7 Å². The predicted octanol–water partition coefficient (Wildman–Crippen LogP) is 3.60. The third-order valence-corrected chi connectivity index (χ3v) is 3.57. The summed E-state index contributed by atoms with van der Waals surface area (Å²) in [4.78, 5) is 8.75. The first-order valence-electron chi connectivity index (χ1n) is 7.32. The lowest BCUT2D eigenvalue weighted by molar-refractivity contribution is 0.302. The third kappa shape index (κ3) is 2.89. The number of fused-ring (bicyclic) bond motifs is 1. The summed E-state index contributed by atoms with van der Waals surface area (Å²) in [6, 6.07) is 19.8. The lowest BCUT2D eigenvalue weighted by Crippen LogP contribution is -1.98. The summed E-state index contributed by atoms with van der Waals surface area (Å²) in [5.74, 6) is 1.49. The van der Waals surface area contributed by atoms with Gasteiger partial charge in [0.1, 0.15) is 18.7 Å². The van der Waals surface area contributed by atoms with Crippen molar-refractivity contribution in [2.24, 2.45) is 0 Å². The van der Waals surface area contributed by atoms with Gasteiger partial charge in [0.2, 0.25) is 0 Å². The van der Waals surface area contributed by atoms with Crippen LogP contribution < -0.4 is 4.74 Å². The zero-order valence-electron chi connectivity index (χ0n) is 12.3. The average Bonchev–Trinajstić information content (AvgIpc) is 3.15. The first-order valence-corrected chi connectivity index (χ1v) is 7.32. The molecule has 0 bridgehead atoms. The number of aromatic nitrogens is 4. The minimum atomic E-state index is 0.421. The van der Waals surface area contributed by atoms with Crippen molar-refractivity contribution < 1.29 is 4.74 Å². The second-order valence-electron chi connectivity index (χ2n) is 5.15. The van der Waals surface area contributed by atoms with Crippen LogP contribution >= 0.6 is 0 Å². The van der Waals surface area contributed by atoms with Crippen molar-refractivity contribution in [3.8, 4) is 17.1 Å². The Labute approximate surface area is 133 Å². The van der Waals surface area contributed by atoms with Crippen LogP contribution in [0.1, 0.15) is 5.69 Å². The minimum absolute atomic E-state index is 0.421. The van der Waals surface area contributed by atoms with Crippen molar-refractivity contribution in [1.82, 2.24) is 20.2 Å². The normalized spacial score (nSPS) is 10.8. The van der Waals surface area contributed by atoms with Crippen LogP contribution in [0.4, 0.5) is 0 Å². The van der Waals surface area contributed by atoms with Gasteiger partial charge in [-0.1, -0.05) is 36.4 Å². The highest BCUT2D eigenvalue weighted by molar-refractivity contribution is 5.78. The first-order chi connectivity index (χ1) is 11.4. The SMILES string of the molecule is c1cc(OCc2ccc3ccccc3n2)cc(-c2ncn[nH]2)c1.